The van der Waals surface area contributed by atoms with Crippen LogP contribution in [0.25, 0.3) is 0 Å². The van der Waals surface area contributed by atoms with E-state index < -0.39 is 0 Å². The van der Waals surface area contributed by atoms with Crippen LogP contribution in [0.3, 0.4) is 0 Å². The Hall–Kier alpha value is 0.270. The number of hydrogen-bond donors (Lipinski definition) is 0. The van der Waals surface area contributed by atoms with Gasteiger partial charge in [0.05, 0.1) is 5.02 Å². The van der Waals surface area contributed by atoms with Gasteiger partial charge in [0.1, 0.15) is 5.03 Å². The van der Waals surface area contributed by atoms with Crippen molar-refractivity contribution >= 4 is 39.3 Å². The van der Waals surface area contributed by atoms with Gasteiger partial charge in [0.15, 0.2) is 0 Å². The molecule has 4 heteroatoms. The van der Waals surface area contributed by atoms with Crippen molar-refractivity contribution in [2.75, 3.05) is 11.1 Å². The number of rotatable bonds is 6. The average molecular weight is 295 g/mol. The minimum Gasteiger partial charge on any atom is -0.248 e. The van der Waals surface area contributed by atoms with Crippen LogP contribution in [0.15, 0.2) is 23.4 Å². The highest BCUT2D eigenvalue weighted by atomic mass is 79.9. The van der Waals surface area contributed by atoms with Crippen molar-refractivity contribution in [3.63, 3.8) is 0 Å². The van der Waals surface area contributed by atoms with Gasteiger partial charge in [0.25, 0.3) is 0 Å². The molecule has 0 atom stereocenters. The normalized spacial score (nSPS) is 10.4. The Morgan fingerprint density at radius 1 is 1.36 bits per heavy atom. The molecule has 0 fully saturated rings. The molecular weight excluding hydrogens is 282 g/mol. The van der Waals surface area contributed by atoms with E-state index in [1.807, 2.05) is 12.1 Å². The van der Waals surface area contributed by atoms with Crippen molar-refractivity contribution in [1.29, 1.82) is 0 Å². The topological polar surface area (TPSA) is 12.9 Å². The van der Waals surface area contributed by atoms with E-state index in [0.717, 1.165) is 21.1 Å². The van der Waals surface area contributed by atoms with Gasteiger partial charge in [0.2, 0.25) is 0 Å². The molecule has 1 heterocycles. The van der Waals surface area contributed by atoms with Crippen molar-refractivity contribution < 1.29 is 0 Å². The lowest BCUT2D eigenvalue weighted by atomic mass is 10.3. The van der Waals surface area contributed by atoms with Gasteiger partial charge in [-0.2, -0.15) is 0 Å². The smallest absolute Gasteiger partial charge is 0.115 e. The highest BCUT2D eigenvalue weighted by Gasteiger charge is 2.00. The van der Waals surface area contributed by atoms with Crippen LogP contribution in [-0.2, 0) is 0 Å². The zero-order valence-electron chi connectivity index (χ0n) is 7.88. The van der Waals surface area contributed by atoms with Crippen molar-refractivity contribution in [1.82, 2.24) is 4.98 Å². The van der Waals surface area contributed by atoms with Crippen LogP contribution < -0.4 is 0 Å². The molecule has 0 unspecified atom stereocenters. The van der Waals surface area contributed by atoms with Crippen LogP contribution in [-0.4, -0.2) is 16.1 Å². The molecule has 0 bridgehead atoms. The Morgan fingerprint density at radius 2 is 2.21 bits per heavy atom. The number of aromatic nitrogens is 1. The van der Waals surface area contributed by atoms with E-state index in [1.165, 1.54) is 19.3 Å². The summed E-state index contributed by atoms with van der Waals surface area (Å²) in [6.45, 7) is 0. The van der Waals surface area contributed by atoms with Crippen LogP contribution in [0, 0.1) is 0 Å². The average Bonchev–Trinajstić information content (AvgIpc) is 2.20. The first-order valence-corrected chi connectivity index (χ1v) is 7.12. The molecule has 78 valence electrons. The van der Waals surface area contributed by atoms with Crippen LogP contribution >= 0.6 is 39.3 Å². The summed E-state index contributed by atoms with van der Waals surface area (Å²) in [5, 5.41) is 2.81. The second-order valence-electron chi connectivity index (χ2n) is 2.89. The molecule has 0 spiro atoms. The van der Waals surface area contributed by atoms with E-state index in [9.17, 15) is 0 Å². The molecule has 1 aromatic heterocycles. The number of unbranched alkanes of at least 4 members (excludes halogenated alkanes) is 2. The lowest BCUT2D eigenvalue weighted by Gasteiger charge is -2.01. The summed E-state index contributed by atoms with van der Waals surface area (Å²) < 4.78 is 0. The molecule has 0 saturated carbocycles. The van der Waals surface area contributed by atoms with E-state index in [-0.39, 0.29) is 0 Å². The first kappa shape index (κ1) is 12.3. The minimum absolute atomic E-state index is 0.762. The molecule has 0 radical (unpaired) electrons. The van der Waals surface area contributed by atoms with E-state index in [0.29, 0.717) is 0 Å². The molecule has 0 N–H and O–H groups in total. The maximum absolute atomic E-state index is 5.97. The van der Waals surface area contributed by atoms with E-state index >= 15 is 0 Å². The van der Waals surface area contributed by atoms with E-state index in [2.05, 4.69) is 20.9 Å². The van der Waals surface area contributed by atoms with Crippen LogP contribution in [0.4, 0.5) is 0 Å². The van der Waals surface area contributed by atoms with Gasteiger partial charge in [0, 0.05) is 11.5 Å². The molecule has 0 amide bonds. The Kier molecular flexibility index (Phi) is 6.65. The molecule has 0 aliphatic heterocycles. The first-order chi connectivity index (χ1) is 6.84. The number of nitrogens with zero attached hydrogens (tertiary/aromatic N) is 1. The maximum atomic E-state index is 5.97. The van der Waals surface area contributed by atoms with E-state index in [1.54, 1.807) is 18.0 Å². The van der Waals surface area contributed by atoms with Crippen LogP contribution in [0.1, 0.15) is 19.3 Å². The zero-order chi connectivity index (χ0) is 10.2. The first-order valence-electron chi connectivity index (χ1n) is 4.64. The SMILES string of the molecule is Clc1cccnc1SCCCCCBr. The molecule has 0 saturated heterocycles. The largest absolute Gasteiger partial charge is 0.248 e. The van der Waals surface area contributed by atoms with E-state index in [4.69, 9.17) is 11.6 Å². The maximum Gasteiger partial charge on any atom is 0.115 e. The van der Waals surface area contributed by atoms with Gasteiger partial charge in [-0.05, 0) is 30.7 Å². The second-order valence-corrected chi connectivity index (χ2v) is 5.17. The van der Waals surface area contributed by atoms with Crippen LogP contribution in [0.2, 0.25) is 5.02 Å². The minimum atomic E-state index is 0.762. The summed E-state index contributed by atoms with van der Waals surface area (Å²) in [7, 11) is 0. The van der Waals surface area contributed by atoms with Gasteiger partial charge in [-0.3, -0.25) is 0 Å². The van der Waals surface area contributed by atoms with Crippen molar-refractivity contribution in [3.8, 4) is 0 Å². The fourth-order valence-corrected chi connectivity index (χ4v) is 2.58. The second kappa shape index (κ2) is 7.55. The fourth-order valence-electron chi connectivity index (χ4n) is 1.02. The Morgan fingerprint density at radius 3 is 2.93 bits per heavy atom. The lowest BCUT2D eigenvalue weighted by Crippen LogP contribution is -1.85. The van der Waals surface area contributed by atoms with Gasteiger partial charge < -0.3 is 0 Å². The third kappa shape index (κ3) is 4.67. The molecule has 1 aromatic rings. The molecule has 1 nitrogen and oxygen atoms in total. The highest BCUT2D eigenvalue weighted by molar-refractivity contribution is 9.09. The number of thioether (sulfide) groups is 1. The van der Waals surface area contributed by atoms with Crippen LogP contribution in [0.5, 0.6) is 0 Å². The lowest BCUT2D eigenvalue weighted by molar-refractivity contribution is 0.788. The predicted octanol–water partition coefficient (Wildman–Crippen LogP) is 4.39. The number of hydrogen-bond acceptors (Lipinski definition) is 2. The summed E-state index contributed by atoms with van der Waals surface area (Å²) in [5.74, 6) is 1.10. The molecule has 0 aliphatic carbocycles. The molecule has 0 aromatic carbocycles. The Bertz CT molecular complexity index is 270. The number of halogens is 2. The zero-order valence-corrected chi connectivity index (χ0v) is 11.0. The summed E-state index contributed by atoms with van der Waals surface area (Å²) in [4.78, 5) is 4.22. The molecule has 14 heavy (non-hydrogen) atoms. The van der Waals surface area contributed by atoms with Crippen molar-refractivity contribution in [3.05, 3.63) is 23.4 Å². The quantitative estimate of drug-likeness (QED) is 0.438. The standard InChI is InChI=1S/C10H13BrClNS/c11-6-2-1-3-8-14-10-9(12)5-4-7-13-10/h4-5,7H,1-3,6,8H2. The Balaban J connectivity index is 2.21. The summed E-state index contributed by atoms with van der Waals surface area (Å²) in [5.41, 5.74) is 0. The number of pyridine rings is 1. The third-order valence-corrected chi connectivity index (χ3v) is 3.81. The third-order valence-electron chi connectivity index (χ3n) is 1.74. The van der Waals surface area contributed by atoms with Crippen molar-refractivity contribution in [2.45, 2.75) is 24.3 Å². The molecule has 1 rings (SSSR count). The summed E-state index contributed by atoms with van der Waals surface area (Å²) in [6, 6.07) is 3.74. The number of alkyl halides is 1. The monoisotopic (exact) mass is 293 g/mol. The van der Waals surface area contributed by atoms with Gasteiger partial charge in [-0.1, -0.05) is 34.0 Å². The fraction of sp³-hybridized carbons (Fsp3) is 0.500. The predicted molar refractivity (Wildman–Crippen MR) is 67.6 cm³/mol. The Labute approximate surface area is 103 Å². The summed E-state index contributed by atoms with van der Waals surface area (Å²) in [6.07, 6.45) is 5.52. The van der Waals surface area contributed by atoms with Gasteiger partial charge >= 0.3 is 0 Å². The molecule has 0 aliphatic rings. The molecular formula is C10H13BrClNS. The van der Waals surface area contributed by atoms with Crippen molar-refractivity contribution in [2.24, 2.45) is 0 Å². The van der Waals surface area contributed by atoms with Gasteiger partial charge in [-0.15, -0.1) is 11.8 Å². The highest BCUT2D eigenvalue weighted by Crippen LogP contribution is 2.24. The summed E-state index contributed by atoms with van der Waals surface area (Å²) >= 11 is 11.1. The van der Waals surface area contributed by atoms with Gasteiger partial charge in [-0.25, -0.2) is 4.98 Å².